The van der Waals surface area contributed by atoms with Gasteiger partial charge in [-0.3, -0.25) is 4.79 Å². The van der Waals surface area contributed by atoms with Crippen molar-refractivity contribution in [3.05, 3.63) is 71.7 Å². The van der Waals surface area contributed by atoms with Crippen molar-refractivity contribution in [3.8, 4) is 16.9 Å². The van der Waals surface area contributed by atoms with Crippen LogP contribution in [-0.2, 0) is 0 Å². The second-order valence-electron chi connectivity index (χ2n) is 7.07. The van der Waals surface area contributed by atoms with Gasteiger partial charge >= 0.3 is 0 Å². The molecule has 0 saturated carbocycles. The molecular weight excluding hydrogens is 391 g/mol. The van der Waals surface area contributed by atoms with Crippen LogP contribution in [0, 0.1) is 12.7 Å². The predicted molar refractivity (Wildman–Crippen MR) is 114 cm³/mol. The molecule has 1 aliphatic rings. The first-order valence-corrected chi connectivity index (χ1v) is 9.54. The summed E-state index contributed by atoms with van der Waals surface area (Å²) >= 11 is 0. The fourth-order valence-electron chi connectivity index (χ4n) is 3.40. The van der Waals surface area contributed by atoms with E-state index in [1.54, 1.807) is 23.0 Å². The summed E-state index contributed by atoms with van der Waals surface area (Å²) in [6.45, 7) is 5.13. The van der Waals surface area contributed by atoms with E-state index in [-0.39, 0.29) is 24.1 Å². The molecule has 0 bridgehead atoms. The van der Waals surface area contributed by atoms with Gasteiger partial charge in [-0.1, -0.05) is 29.8 Å². The second-order valence-corrected chi connectivity index (χ2v) is 7.07. The second kappa shape index (κ2) is 9.20. The van der Waals surface area contributed by atoms with Gasteiger partial charge in [-0.2, -0.15) is 5.10 Å². The predicted octanol–water partition coefficient (Wildman–Crippen LogP) is 3.84. The van der Waals surface area contributed by atoms with Crippen LogP contribution in [-0.4, -0.2) is 46.8 Å². The van der Waals surface area contributed by atoms with Gasteiger partial charge in [0.05, 0.1) is 11.3 Å². The van der Waals surface area contributed by atoms with E-state index in [0.717, 1.165) is 37.2 Å². The summed E-state index contributed by atoms with van der Waals surface area (Å²) in [6, 6.07) is 14.1. The van der Waals surface area contributed by atoms with Crippen molar-refractivity contribution >= 4 is 18.3 Å². The van der Waals surface area contributed by atoms with Crippen molar-refractivity contribution in [2.75, 3.05) is 26.2 Å². The number of benzene rings is 2. The van der Waals surface area contributed by atoms with Crippen molar-refractivity contribution in [2.45, 2.75) is 13.3 Å². The molecule has 2 aromatic carbocycles. The van der Waals surface area contributed by atoms with Gasteiger partial charge in [0.2, 0.25) is 0 Å². The molecule has 1 saturated heterocycles. The summed E-state index contributed by atoms with van der Waals surface area (Å²) in [7, 11) is 0. The molecule has 0 atom stereocenters. The molecular formula is C22H24ClFN4O. The first-order chi connectivity index (χ1) is 13.6. The van der Waals surface area contributed by atoms with Gasteiger partial charge in [-0.25, -0.2) is 9.07 Å². The fourth-order valence-corrected chi connectivity index (χ4v) is 3.40. The van der Waals surface area contributed by atoms with Crippen LogP contribution in [0.5, 0.6) is 0 Å². The molecule has 1 amide bonds. The highest BCUT2D eigenvalue weighted by Gasteiger charge is 2.24. The highest BCUT2D eigenvalue weighted by atomic mass is 35.5. The number of hydrogen-bond donors (Lipinski definition) is 1. The Bertz CT molecular complexity index is 961. The Labute approximate surface area is 175 Å². The first kappa shape index (κ1) is 21.0. The molecule has 1 fully saturated rings. The van der Waals surface area contributed by atoms with Crippen LogP contribution in [0.2, 0.25) is 0 Å². The molecule has 1 aromatic heterocycles. The van der Waals surface area contributed by atoms with E-state index < -0.39 is 0 Å². The quantitative estimate of drug-likeness (QED) is 0.708. The monoisotopic (exact) mass is 414 g/mol. The third-order valence-electron chi connectivity index (χ3n) is 4.99. The van der Waals surface area contributed by atoms with Gasteiger partial charge in [-0.05, 0) is 44.2 Å². The van der Waals surface area contributed by atoms with Crippen LogP contribution in [0.15, 0.2) is 54.7 Å². The number of carbonyl (C=O) groups is 1. The Morgan fingerprint density at radius 3 is 2.48 bits per heavy atom. The van der Waals surface area contributed by atoms with Crippen LogP contribution in [0.4, 0.5) is 4.39 Å². The third-order valence-corrected chi connectivity index (χ3v) is 4.99. The van der Waals surface area contributed by atoms with Gasteiger partial charge in [-0.15, -0.1) is 12.4 Å². The SMILES string of the molecule is Cc1ccc(-c2nn(-c3ccc(F)cc3)cc2C(=O)N2CCCNCC2)cc1.Cl. The number of halogens is 2. The fraction of sp³-hybridized carbons (Fsp3) is 0.273. The zero-order valence-electron chi connectivity index (χ0n) is 16.3. The standard InChI is InChI=1S/C22H23FN4O.ClH/c1-16-3-5-17(6-4-16)21-20(22(28)26-13-2-11-24-12-14-26)15-27(25-21)19-9-7-18(23)8-10-19;/h3-10,15,24H,2,11-14H2,1H3;1H. The lowest BCUT2D eigenvalue weighted by molar-refractivity contribution is 0.0767. The minimum atomic E-state index is -0.303. The maximum Gasteiger partial charge on any atom is 0.257 e. The van der Waals surface area contributed by atoms with Gasteiger partial charge in [0.1, 0.15) is 11.5 Å². The molecule has 0 radical (unpaired) electrons. The van der Waals surface area contributed by atoms with E-state index in [4.69, 9.17) is 0 Å². The lowest BCUT2D eigenvalue weighted by atomic mass is 10.1. The maximum atomic E-state index is 13.3. The zero-order chi connectivity index (χ0) is 19.5. The number of aryl methyl sites for hydroxylation is 1. The number of aromatic nitrogens is 2. The van der Waals surface area contributed by atoms with Gasteiger partial charge < -0.3 is 10.2 Å². The number of amides is 1. The minimum absolute atomic E-state index is 0. The summed E-state index contributed by atoms with van der Waals surface area (Å²) in [5, 5.41) is 8.00. The average molecular weight is 415 g/mol. The number of nitrogens with zero attached hydrogens (tertiary/aromatic N) is 3. The Hall–Kier alpha value is -2.70. The summed E-state index contributed by atoms with van der Waals surface area (Å²) in [5.74, 6) is -0.323. The highest BCUT2D eigenvalue weighted by Crippen LogP contribution is 2.26. The van der Waals surface area contributed by atoms with Crippen molar-refractivity contribution in [2.24, 2.45) is 0 Å². The van der Waals surface area contributed by atoms with Crippen molar-refractivity contribution < 1.29 is 9.18 Å². The average Bonchev–Trinajstić information content (AvgIpc) is 2.96. The largest absolute Gasteiger partial charge is 0.337 e. The molecule has 152 valence electrons. The summed E-state index contributed by atoms with van der Waals surface area (Å²) in [5.41, 5.74) is 3.96. The molecule has 0 aliphatic carbocycles. The van der Waals surface area contributed by atoms with Crippen molar-refractivity contribution in [1.82, 2.24) is 20.0 Å². The van der Waals surface area contributed by atoms with E-state index in [9.17, 15) is 9.18 Å². The van der Waals surface area contributed by atoms with E-state index in [1.165, 1.54) is 12.1 Å². The zero-order valence-corrected chi connectivity index (χ0v) is 17.1. The maximum absolute atomic E-state index is 13.3. The van der Waals surface area contributed by atoms with E-state index >= 15 is 0 Å². The van der Waals surface area contributed by atoms with Crippen LogP contribution in [0.25, 0.3) is 16.9 Å². The number of hydrogen-bond acceptors (Lipinski definition) is 3. The normalized spacial score (nSPS) is 14.2. The van der Waals surface area contributed by atoms with Crippen LogP contribution < -0.4 is 5.32 Å². The highest BCUT2D eigenvalue weighted by molar-refractivity contribution is 6.00. The van der Waals surface area contributed by atoms with Crippen LogP contribution in [0.1, 0.15) is 22.3 Å². The van der Waals surface area contributed by atoms with E-state index in [0.29, 0.717) is 23.5 Å². The Kier molecular flexibility index (Phi) is 6.67. The minimum Gasteiger partial charge on any atom is -0.337 e. The lowest BCUT2D eigenvalue weighted by Crippen LogP contribution is -2.34. The molecule has 0 spiro atoms. The van der Waals surface area contributed by atoms with Crippen LogP contribution >= 0.6 is 12.4 Å². The Morgan fingerprint density at radius 2 is 1.76 bits per heavy atom. The third kappa shape index (κ3) is 4.66. The van der Waals surface area contributed by atoms with Gasteiger partial charge in [0.25, 0.3) is 5.91 Å². The number of carbonyl (C=O) groups excluding carboxylic acids is 1. The molecule has 5 nitrogen and oxygen atoms in total. The topological polar surface area (TPSA) is 50.2 Å². The summed E-state index contributed by atoms with van der Waals surface area (Å²) in [6.07, 6.45) is 2.68. The molecule has 1 N–H and O–H groups in total. The van der Waals surface area contributed by atoms with Gasteiger partial charge in [0, 0.05) is 31.4 Å². The molecule has 7 heteroatoms. The smallest absolute Gasteiger partial charge is 0.257 e. The van der Waals surface area contributed by atoms with Crippen molar-refractivity contribution in [1.29, 1.82) is 0 Å². The first-order valence-electron chi connectivity index (χ1n) is 9.54. The number of rotatable bonds is 3. The summed E-state index contributed by atoms with van der Waals surface area (Å²) in [4.78, 5) is 15.2. The molecule has 2 heterocycles. The molecule has 1 aliphatic heterocycles. The Morgan fingerprint density at radius 1 is 1.03 bits per heavy atom. The van der Waals surface area contributed by atoms with Gasteiger partial charge in [0.15, 0.2) is 0 Å². The number of nitrogens with one attached hydrogen (secondary N) is 1. The van der Waals surface area contributed by atoms with Crippen LogP contribution in [0.3, 0.4) is 0 Å². The molecule has 3 aromatic rings. The van der Waals surface area contributed by atoms with E-state index in [2.05, 4.69) is 10.4 Å². The Balaban J connectivity index is 0.00000240. The summed E-state index contributed by atoms with van der Waals surface area (Å²) < 4.78 is 15.0. The van der Waals surface area contributed by atoms with E-state index in [1.807, 2.05) is 36.1 Å². The molecule has 29 heavy (non-hydrogen) atoms. The molecule has 0 unspecified atom stereocenters. The van der Waals surface area contributed by atoms with Crippen molar-refractivity contribution in [3.63, 3.8) is 0 Å². The molecule has 4 rings (SSSR count). The lowest BCUT2D eigenvalue weighted by Gasteiger charge is -2.19.